The van der Waals surface area contributed by atoms with Gasteiger partial charge in [0.1, 0.15) is 5.75 Å². The molecule has 0 aliphatic heterocycles. The summed E-state index contributed by atoms with van der Waals surface area (Å²) in [4.78, 5) is 0. The van der Waals surface area contributed by atoms with Gasteiger partial charge < -0.3 is 4.74 Å². The molecule has 1 nitrogen and oxygen atoms in total. The lowest BCUT2D eigenvalue weighted by atomic mass is 10.0. The molecule has 72 valence electrons. The maximum Gasteiger partial charge on any atom is 0.122 e. The van der Waals surface area contributed by atoms with E-state index in [2.05, 4.69) is 32.9 Å². The van der Waals surface area contributed by atoms with Crippen LogP contribution in [0.2, 0.25) is 0 Å². The molecule has 0 saturated carbocycles. The van der Waals surface area contributed by atoms with Gasteiger partial charge in [-0.25, -0.2) is 0 Å². The molecule has 0 aliphatic carbocycles. The Morgan fingerprint density at radius 2 is 1.69 bits per heavy atom. The first-order valence-electron chi connectivity index (χ1n) is 4.89. The average molecular weight is 178 g/mol. The van der Waals surface area contributed by atoms with Gasteiger partial charge in [0.25, 0.3) is 0 Å². The number of aryl methyl sites for hydroxylation is 3. The molecule has 0 saturated heterocycles. The van der Waals surface area contributed by atoms with Gasteiger partial charge in [0.15, 0.2) is 0 Å². The van der Waals surface area contributed by atoms with E-state index in [1.165, 1.54) is 16.7 Å². The van der Waals surface area contributed by atoms with Gasteiger partial charge in [-0.15, -0.1) is 0 Å². The molecule has 0 atom stereocenters. The van der Waals surface area contributed by atoms with Crippen molar-refractivity contribution in [2.75, 3.05) is 7.11 Å². The molecule has 1 aromatic rings. The third kappa shape index (κ3) is 2.03. The second kappa shape index (κ2) is 4.31. The van der Waals surface area contributed by atoms with E-state index < -0.39 is 0 Å². The summed E-state index contributed by atoms with van der Waals surface area (Å²) in [6.45, 7) is 6.49. The smallest absolute Gasteiger partial charge is 0.122 e. The van der Waals surface area contributed by atoms with Gasteiger partial charge >= 0.3 is 0 Å². The second-order valence-electron chi connectivity index (χ2n) is 3.30. The van der Waals surface area contributed by atoms with E-state index in [0.29, 0.717) is 0 Å². The van der Waals surface area contributed by atoms with Crippen molar-refractivity contribution in [1.82, 2.24) is 0 Å². The maximum atomic E-state index is 5.33. The Morgan fingerprint density at radius 1 is 1.08 bits per heavy atom. The van der Waals surface area contributed by atoms with E-state index in [-0.39, 0.29) is 0 Å². The minimum atomic E-state index is 1.03. The summed E-state index contributed by atoms with van der Waals surface area (Å²) in [5, 5.41) is 0. The monoisotopic (exact) mass is 178 g/mol. The predicted octanol–water partition coefficient (Wildman–Crippen LogP) is 3.13. The van der Waals surface area contributed by atoms with Crippen molar-refractivity contribution >= 4 is 0 Å². The van der Waals surface area contributed by atoms with Crippen LogP contribution in [0.4, 0.5) is 0 Å². The fraction of sp³-hybridized carbons (Fsp3) is 0.500. The van der Waals surface area contributed by atoms with E-state index in [1.54, 1.807) is 7.11 Å². The van der Waals surface area contributed by atoms with E-state index in [9.17, 15) is 0 Å². The molecule has 0 amide bonds. The van der Waals surface area contributed by atoms with Gasteiger partial charge in [-0.3, -0.25) is 0 Å². The topological polar surface area (TPSA) is 9.23 Å². The van der Waals surface area contributed by atoms with Gasteiger partial charge in [-0.2, -0.15) is 0 Å². The van der Waals surface area contributed by atoms with Gasteiger partial charge in [0.2, 0.25) is 0 Å². The Bertz CT molecular complexity index is 289. The predicted molar refractivity (Wildman–Crippen MR) is 56.5 cm³/mol. The van der Waals surface area contributed by atoms with Crippen LogP contribution < -0.4 is 4.74 Å². The fourth-order valence-corrected chi connectivity index (χ4v) is 1.64. The Balaban J connectivity index is 3.18. The lowest BCUT2D eigenvalue weighted by Gasteiger charge is -2.11. The molecular weight excluding hydrogens is 160 g/mol. The Morgan fingerprint density at radius 3 is 2.15 bits per heavy atom. The Kier molecular flexibility index (Phi) is 3.35. The number of hydrogen-bond donors (Lipinski definition) is 0. The van der Waals surface area contributed by atoms with Gasteiger partial charge in [0, 0.05) is 0 Å². The molecule has 0 N–H and O–H groups in total. The molecule has 0 fully saturated rings. The van der Waals surface area contributed by atoms with E-state index in [4.69, 9.17) is 4.74 Å². The summed E-state index contributed by atoms with van der Waals surface area (Å²) in [6.07, 6.45) is 2.11. The van der Waals surface area contributed by atoms with Crippen LogP contribution in [0, 0.1) is 6.92 Å². The molecule has 0 unspecified atom stereocenters. The van der Waals surface area contributed by atoms with Crippen molar-refractivity contribution in [3.63, 3.8) is 0 Å². The van der Waals surface area contributed by atoms with Crippen LogP contribution in [0.3, 0.4) is 0 Å². The number of benzene rings is 1. The summed E-state index contributed by atoms with van der Waals surface area (Å²) in [6, 6.07) is 4.39. The third-order valence-corrected chi connectivity index (χ3v) is 2.50. The van der Waals surface area contributed by atoms with E-state index in [1.807, 2.05) is 0 Å². The molecule has 0 bridgehead atoms. The summed E-state index contributed by atoms with van der Waals surface area (Å²) in [7, 11) is 1.74. The molecular formula is C12H18O. The van der Waals surface area contributed by atoms with Crippen molar-refractivity contribution < 1.29 is 4.74 Å². The standard InChI is InChI=1S/C12H18O/c1-5-10-8-12(13-4)11(6-2)7-9(10)3/h7-8H,5-6H2,1-4H3. The minimum Gasteiger partial charge on any atom is -0.496 e. The number of ether oxygens (including phenoxy) is 1. The molecule has 13 heavy (non-hydrogen) atoms. The SMILES string of the molecule is CCc1cc(OC)c(CC)cc1C. The van der Waals surface area contributed by atoms with Crippen LogP contribution in [0.15, 0.2) is 12.1 Å². The maximum absolute atomic E-state index is 5.33. The van der Waals surface area contributed by atoms with Crippen molar-refractivity contribution in [3.05, 3.63) is 28.8 Å². The highest BCUT2D eigenvalue weighted by atomic mass is 16.5. The fourth-order valence-electron chi connectivity index (χ4n) is 1.64. The number of methoxy groups -OCH3 is 1. The van der Waals surface area contributed by atoms with E-state index in [0.717, 1.165) is 18.6 Å². The summed E-state index contributed by atoms with van der Waals surface area (Å²) in [5.41, 5.74) is 4.06. The summed E-state index contributed by atoms with van der Waals surface area (Å²) < 4.78 is 5.33. The summed E-state index contributed by atoms with van der Waals surface area (Å²) >= 11 is 0. The van der Waals surface area contributed by atoms with Crippen LogP contribution in [-0.2, 0) is 12.8 Å². The van der Waals surface area contributed by atoms with Crippen molar-refractivity contribution in [1.29, 1.82) is 0 Å². The lowest BCUT2D eigenvalue weighted by Crippen LogP contribution is -1.95. The molecule has 0 heterocycles. The van der Waals surface area contributed by atoms with Gasteiger partial charge in [-0.05, 0) is 42.5 Å². The number of hydrogen-bond acceptors (Lipinski definition) is 1. The molecule has 0 aliphatic rings. The molecule has 0 spiro atoms. The first kappa shape index (κ1) is 10.1. The normalized spacial score (nSPS) is 10.2. The lowest BCUT2D eigenvalue weighted by molar-refractivity contribution is 0.409. The zero-order valence-electron chi connectivity index (χ0n) is 8.98. The number of rotatable bonds is 3. The van der Waals surface area contributed by atoms with Crippen LogP contribution >= 0.6 is 0 Å². The van der Waals surface area contributed by atoms with Gasteiger partial charge in [-0.1, -0.05) is 19.9 Å². The largest absolute Gasteiger partial charge is 0.496 e. The highest BCUT2D eigenvalue weighted by molar-refractivity contribution is 5.42. The van der Waals surface area contributed by atoms with E-state index >= 15 is 0 Å². The highest BCUT2D eigenvalue weighted by Gasteiger charge is 2.04. The van der Waals surface area contributed by atoms with Crippen molar-refractivity contribution in [2.45, 2.75) is 33.6 Å². The Hall–Kier alpha value is -0.980. The molecule has 0 radical (unpaired) electrons. The first-order chi connectivity index (χ1) is 6.22. The van der Waals surface area contributed by atoms with Crippen molar-refractivity contribution in [3.8, 4) is 5.75 Å². The molecule has 1 rings (SSSR count). The summed E-state index contributed by atoms with van der Waals surface area (Å²) in [5.74, 6) is 1.03. The molecule has 1 aromatic carbocycles. The quantitative estimate of drug-likeness (QED) is 0.691. The molecule has 0 aromatic heterocycles. The third-order valence-electron chi connectivity index (χ3n) is 2.50. The Labute approximate surface area is 80.7 Å². The van der Waals surface area contributed by atoms with Crippen molar-refractivity contribution in [2.24, 2.45) is 0 Å². The minimum absolute atomic E-state index is 1.03. The van der Waals surface area contributed by atoms with Crippen LogP contribution in [0.5, 0.6) is 5.75 Å². The average Bonchev–Trinajstić information content (AvgIpc) is 2.17. The second-order valence-corrected chi connectivity index (χ2v) is 3.30. The molecule has 1 heteroatoms. The first-order valence-corrected chi connectivity index (χ1v) is 4.89. The highest BCUT2D eigenvalue weighted by Crippen LogP contribution is 2.24. The van der Waals surface area contributed by atoms with Crippen LogP contribution in [-0.4, -0.2) is 7.11 Å². The zero-order valence-corrected chi connectivity index (χ0v) is 8.98. The zero-order chi connectivity index (χ0) is 9.84. The van der Waals surface area contributed by atoms with Crippen LogP contribution in [0.1, 0.15) is 30.5 Å². The van der Waals surface area contributed by atoms with Gasteiger partial charge in [0.05, 0.1) is 7.11 Å². The van der Waals surface area contributed by atoms with Crippen LogP contribution in [0.25, 0.3) is 0 Å².